The van der Waals surface area contributed by atoms with Crippen LogP contribution >= 0.6 is 11.8 Å². The second-order valence-electron chi connectivity index (χ2n) is 4.07. The summed E-state index contributed by atoms with van der Waals surface area (Å²) in [4.78, 5) is 0. The van der Waals surface area contributed by atoms with Gasteiger partial charge in [0.2, 0.25) is 0 Å². The molecule has 2 aromatic rings. The first-order valence-electron chi connectivity index (χ1n) is 5.85. The molecule has 0 aliphatic carbocycles. The van der Waals surface area contributed by atoms with Crippen LogP contribution in [0.25, 0.3) is 0 Å². The van der Waals surface area contributed by atoms with Crippen molar-refractivity contribution < 1.29 is 0 Å². The second kappa shape index (κ2) is 6.51. The van der Waals surface area contributed by atoms with E-state index in [0.717, 1.165) is 18.0 Å². The van der Waals surface area contributed by atoms with Crippen molar-refractivity contribution >= 4 is 11.8 Å². The number of thioether (sulfide) groups is 1. The Balaban J connectivity index is 2.08. The highest BCUT2D eigenvalue weighted by Crippen LogP contribution is 2.13. The van der Waals surface area contributed by atoms with Gasteiger partial charge in [0.25, 0.3) is 0 Å². The van der Waals surface area contributed by atoms with Crippen molar-refractivity contribution in [3.8, 4) is 0 Å². The van der Waals surface area contributed by atoms with Gasteiger partial charge in [0.15, 0.2) is 5.82 Å². The van der Waals surface area contributed by atoms with Crippen LogP contribution in [0.5, 0.6) is 0 Å². The topological polar surface area (TPSA) is 69.6 Å². The fourth-order valence-corrected chi connectivity index (χ4v) is 2.21. The summed E-state index contributed by atoms with van der Waals surface area (Å²) in [5, 5.41) is 11.8. The summed E-state index contributed by atoms with van der Waals surface area (Å²) in [6.07, 6.45) is 2.95. The first-order valence-corrected chi connectivity index (χ1v) is 7.25. The van der Waals surface area contributed by atoms with Crippen molar-refractivity contribution in [2.75, 3.05) is 12.0 Å². The molecule has 0 saturated heterocycles. The Kier molecular flexibility index (Phi) is 4.72. The van der Waals surface area contributed by atoms with Crippen molar-refractivity contribution in [2.24, 2.45) is 5.73 Å². The minimum atomic E-state index is -0.101. The zero-order valence-corrected chi connectivity index (χ0v) is 11.2. The summed E-state index contributed by atoms with van der Waals surface area (Å²) in [7, 11) is 0. The lowest BCUT2D eigenvalue weighted by atomic mass is 10.2. The van der Waals surface area contributed by atoms with Crippen molar-refractivity contribution in [3.63, 3.8) is 0 Å². The third kappa shape index (κ3) is 3.30. The molecular formula is C12H17N5S. The average Bonchev–Trinajstić information content (AvgIpc) is 2.85. The van der Waals surface area contributed by atoms with Gasteiger partial charge in [-0.05, 0) is 34.4 Å². The first kappa shape index (κ1) is 13.0. The van der Waals surface area contributed by atoms with Gasteiger partial charge in [-0.1, -0.05) is 30.3 Å². The zero-order valence-electron chi connectivity index (χ0n) is 10.4. The lowest BCUT2D eigenvalue weighted by Crippen LogP contribution is -2.18. The number of aromatic nitrogens is 4. The molecule has 5 nitrogen and oxygen atoms in total. The first-order chi connectivity index (χ1) is 8.81. The van der Waals surface area contributed by atoms with Crippen LogP contribution < -0.4 is 5.73 Å². The number of nitrogens with zero attached hydrogens (tertiary/aromatic N) is 4. The Labute approximate surface area is 111 Å². The molecule has 1 heterocycles. The molecule has 6 heteroatoms. The molecule has 0 aliphatic heterocycles. The number of hydrogen-bond donors (Lipinski definition) is 1. The number of rotatable bonds is 6. The smallest absolute Gasteiger partial charge is 0.168 e. The highest BCUT2D eigenvalue weighted by Gasteiger charge is 2.14. The Morgan fingerprint density at radius 2 is 2.11 bits per heavy atom. The predicted octanol–water partition coefficient (Wildman–Crippen LogP) is 1.47. The van der Waals surface area contributed by atoms with E-state index >= 15 is 0 Å². The summed E-state index contributed by atoms with van der Waals surface area (Å²) in [5.41, 5.74) is 7.27. The summed E-state index contributed by atoms with van der Waals surface area (Å²) >= 11 is 1.78. The summed E-state index contributed by atoms with van der Waals surface area (Å²) in [5.74, 6) is 1.77. The van der Waals surface area contributed by atoms with Gasteiger partial charge in [0.05, 0.1) is 12.6 Å². The predicted molar refractivity (Wildman–Crippen MR) is 73.3 cm³/mol. The maximum absolute atomic E-state index is 6.10. The van der Waals surface area contributed by atoms with E-state index in [0.29, 0.717) is 6.54 Å². The maximum atomic E-state index is 6.10. The minimum absolute atomic E-state index is 0.101. The minimum Gasteiger partial charge on any atom is -0.321 e. The number of nitrogens with two attached hydrogens (primary N) is 1. The van der Waals surface area contributed by atoms with Crippen molar-refractivity contribution in [1.82, 2.24) is 20.2 Å². The highest BCUT2D eigenvalue weighted by molar-refractivity contribution is 7.98. The van der Waals surface area contributed by atoms with Crippen LogP contribution in [0.15, 0.2) is 30.3 Å². The van der Waals surface area contributed by atoms with Crippen LogP contribution in [-0.4, -0.2) is 32.2 Å². The van der Waals surface area contributed by atoms with E-state index in [-0.39, 0.29) is 6.04 Å². The monoisotopic (exact) mass is 263 g/mol. The lowest BCUT2D eigenvalue weighted by Gasteiger charge is -2.10. The Bertz CT molecular complexity index is 470. The van der Waals surface area contributed by atoms with E-state index in [4.69, 9.17) is 5.73 Å². The second-order valence-corrected chi connectivity index (χ2v) is 5.05. The average molecular weight is 263 g/mol. The third-order valence-corrected chi connectivity index (χ3v) is 3.34. The van der Waals surface area contributed by atoms with Crippen molar-refractivity contribution in [2.45, 2.75) is 19.0 Å². The summed E-state index contributed by atoms with van der Waals surface area (Å²) in [6.45, 7) is 0.663. The zero-order chi connectivity index (χ0) is 12.8. The van der Waals surface area contributed by atoms with Crippen molar-refractivity contribution in [1.29, 1.82) is 0 Å². The molecule has 0 aliphatic rings. The van der Waals surface area contributed by atoms with Crippen LogP contribution in [0.4, 0.5) is 0 Å². The molecule has 18 heavy (non-hydrogen) atoms. The molecule has 1 atom stereocenters. The van der Waals surface area contributed by atoms with Gasteiger partial charge in [-0.3, -0.25) is 0 Å². The van der Waals surface area contributed by atoms with Gasteiger partial charge >= 0.3 is 0 Å². The summed E-state index contributed by atoms with van der Waals surface area (Å²) < 4.78 is 1.78. The molecule has 2 N–H and O–H groups in total. The number of tetrazole rings is 1. The molecule has 1 aromatic carbocycles. The maximum Gasteiger partial charge on any atom is 0.168 e. The molecular weight excluding hydrogens is 246 g/mol. The van der Waals surface area contributed by atoms with Crippen LogP contribution in [0, 0.1) is 0 Å². The fourth-order valence-electron chi connectivity index (χ4n) is 1.72. The van der Waals surface area contributed by atoms with E-state index in [1.807, 2.05) is 18.2 Å². The van der Waals surface area contributed by atoms with Gasteiger partial charge in [-0.15, -0.1) is 5.10 Å². The van der Waals surface area contributed by atoms with Crippen LogP contribution in [0.1, 0.15) is 23.9 Å². The van der Waals surface area contributed by atoms with E-state index in [2.05, 4.69) is 33.9 Å². The Hall–Kier alpha value is -1.40. The van der Waals surface area contributed by atoms with Gasteiger partial charge in [0.1, 0.15) is 0 Å². The van der Waals surface area contributed by atoms with Crippen LogP contribution in [0.3, 0.4) is 0 Å². The van der Waals surface area contributed by atoms with Crippen molar-refractivity contribution in [3.05, 3.63) is 41.7 Å². The highest BCUT2D eigenvalue weighted by atomic mass is 32.2. The molecule has 0 radical (unpaired) electrons. The van der Waals surface area contributed by atoms with Gasteiger partial charge in [0, 0.05) is 0 Å². The largest absolute Gasteiger partial charge is 0.321 e. The summed E-state index contributed by atoms with van der Waals surface area (Å²) in [6, 6.07) is 10.0. The third-order valence-electron chi connectivity index (χ3n) is 2.70. The molecule has 0 spiro atoms. The van der Waals surface area contributed by atoms with Crippen LogP contribution in [0.2, 0.25) is 0 Å². The van der Waals surface area contributed by atoms with Gasteiger partial charge in [-0.25, -0.2) is 4.68 Å². The molecule has 0 saturated carbocycles. The molecule has 1 unspecified atom stereocenters. The Morgan fingerprint density at radius 1 is 1.33 bits per heavy atom. The number of benzene rings is 1. The quantitative estimate of drug-likeness (QED) is 0.854. The SMILES string of the molecule is CSCCC(N)c1nnnn1Cc1ccccc1. The Morgan fingerprint density at radius 3 is 2.83 bits per heavy atom. The molecule has 1 aromatic heterocycles. The van der Waals surface area contributed by atoms with Gasteiger partial charge in [-0.2, -0.15) is 11.8 Å². The van der Waals surface area contributed by atoms with E-state index in [1.165, 1.54) is 5.56 Å². The molecule has 96 valence electrons. The van der Waals surface area contributed by atoms with Crippen LogP contribution in [-0.2, 0) is 6.54 Å². The lowest BCUT2D eigenvalue weighted by molar-refractivity contribution is 0.560. The molecule has 0 bridgehead atoms. The van der Waals surface area contributed by atoms with E-state index < -0.39 is 0 Å². The molecule has 0 amide bonds. The van der Waals surface area contributed by atoms with E-state index in [9.17, 15) is 0 Å². The normalized spacial score (nSPS) is 12.6. The van der Waals surface area contributed by atoms with E-state index in [1.54, 1.807) is 16.4 Å². The van der Waals surface area contributed by atoms with Gasteiger partial charge < -0.3 is 5.73 Å². The molecule has 0 fully saturated rings. The number of hydrogen-bond acceptors (Lipinski definition) is 5. The standard InChI is InChI=1S/C12H17N5S/c1-18-8-7-11(13)12-14-15-16-17(12)9-10-5-3-2-4-6-10/h2-6,11H,7-9,13H2,1H3. The molecule has 2 rings (SSSR count). The fraction of sp³-hybridized carbons (Fsp3) is 0.417.